The molecule has 3 aromatic rings. The molecule has 0 aliphatic rings. The van der Waals surface area contributed by atoms with E-state index in [2.05, 4.69) is 0 Å². The summed E-state index contributed by atoms with van der Waals surface area (Å²) in [7, 11) is 0. The molecule has 0 heterocycles. The van der Waals surface area contributed by atoms with E-state index in [1.54, 1.807) is 0 Å². The minimum atomic E-state index is -0.731. The number of esters is 2. The van der Waals surface area contributed by atoms with Gasteiger partial charge in [0.1, 0.15) is 23.1 Å². The molecule has 1 N–H and O–H groups in total. The van der Waals surface area contributed by atoms with Gasteiger partial charge >= 0.3 is 11.9 Å². The van der Waals surface area contributed by atoms with Gasteiger partial charge in [-0.05, 0) is 66.7 Å². The van der Waals surface area contributed by atoms with E-state index >= 15 is 0 Å². The van der Waals surface area contributed by atoms with Crippen LogP contribution in [-0.4, -0.2) is 17.0 Å². The van der Waals surface area contributed by atoms with Crippen molar-refractivity contribution in [1.82, 2.24) is 0 Å². The van der Waals surface area contributed by atoms with Gasteiger partial charge in [-0.15, -0.1) is 0 Å². The fraction of sp³-hybridized carbons (Fsp3) is 0.0476. The van der Waals surface area contributed by atoms with Crippen molar-refractivity contribution in [2.24, 2.45) is 0 Å². The predicted octanol–water partition coefficient (Wildman–Crippen LogP) is 3.90. The first-order valence-electron chi connectivity index (χ1n) is 8.15. The molecule has 0 amide bonds. The van der Waals surface area contributed by atoms with Crippen molar-refractivity contribution in [2.45, 2.75) is 6.61 Å². The van der Waals surface area contributed by atoms with Gasteiger partial charge in [-0.3, -0.25) is 0 Å². The summed E-state index contributed by atoms with van der Waals surface area (Å²) in [6.45, 7) is -0.478. The van der Waals surface area contributed by atoms with E-state index in [0.29, 0.717) is 0 Å². The average molecular weight is 384 g/mol. The lowest BCUT2D eigenvalue weighted by molar-refractivity contribution is 0.0716. The maximum absolute atomic E-state index is 12.9. The van der Waals surface area contributed by atoms with Crippen LogP contribution in [0.2, 0.25) is 0 Å². The van der Waals surface area contributed by atoms with Crippen molar-refractivity contribution in [3.05, 3.63) is 95.1 Å². The normalized spacial score (nSPS) is 10.4. The number of benzene rings is 3. The molecule has 3 aromatic carbocycles. The van der Waals surface area contributed by atoms with Crippen LogP contribution in [0.5, 0.6) is 11.5 Å². The zero-order valence-electron chi connectivity index (χ0n) is 14.4. The fourth-order valence-corrected chi connectivity index (χ4v) is 2.34. The molecule has 142 valence electrons. The number of halogens is 2. The molecule has 0 atom stereocenters. The third-order valence-corrected chi connectivity index (χ3v) is 3.78. The average Bonchev–Trinajstić information content (AvgIpc) is 2.70. The highest BCUT2D eigenvalue weighted by molar-refractivity contribution is 5.92. The number of aliphatic hydroxyl groups is 1. The van der Waals surface area contributed by atoms with Crippen LogP contribution in [0.4, 0.5) is 8.78 Å². The maximum atomic E-state index is 12.9. The predicted molar refractivity (Wildman–Crippen MR) is 95.1 cm³/mol. The van der Waals surface area contributed by atoms with Crippen LogP contribution in [0.15, 0.2) is 66.7 Å². The Morgan fingerprint density at radius 1 is 0.750 bits per heavy atom. The number of aliphatic hydroxyl groups excluding tert-OH is 1. The van der Waals surface area contributed by atoms with Crippen molar-refractivity contribution < 1.29 is 33.0 Å². The molecule has 3 rings (SSSR count). The minimum absolute atomic E-state index is 0.0680. The smallest absolute Gasteiger partial charge is 0.343 e. The second-order valence-corrected chi connectivity index (χ2v) is 5.72. The molecule has 5 nitrogen and oxygen atoms in total. The van der Waals surface area contributed by atoms with Crippen LogP contribution >= 0.6 is 0 Å². The number of hydrogen-bond donors (Lipinski definition) is 1. The molecular formula is C21H14F2O5. The van der Waals surface area contributed by atoms with Gasteiger partial charge in [0.15, 0.2) is 0 Å². The second kappa shape index (κ2) is 8.41. The lowest BCUT2D eigenvalue weighted by Gasteiger charge is -2.11. The first-order valence-corrected chi connectivity index (χ1v) is 8.15. The molecule has 0 fully saturated rings. The Morgan fingerprint density at radius 3 is 1.75 bits per heavy atom. The summed E-state index contributed by atoms with van der Waals surface area (Å²) in [5.74, 6) is -2.23. The molecule has 0 saturated carbocycles. The van der Waals surface area contributed by atoms with E-state index in [9.17, 15) is 23.5 Å². The summed E-state index contributed by atoms with van der Waals surface area (Å²) in [4.78, 5) is 24.2. The van der Waals surface area contributed by atoms with E-state index < -0.39 is 30.2 Å². The van der Waals surface area contributed by atoms with Crippen LogP contribution in [-0.2, 0) is 6.61 Å². The molecule has 28 heavy (non-hydrogen) atoms. The summed E-state index contributed by atoms with van der Waals surface area (Å²) < 4.78 is 36.3. The first kappa shape index (κ1) is 19.2. The molecule has 0 aromatic heterocycles. The number of carbonyl (C=O) groups is 2. The van der Waals surface area contributed by atoms with E-state index in [1.165, 1.54) is 42.5 Å². The Kier molecular flexibility index (Phi) is 5.76. The SMILES string of the molecule is O=C(Oc1ccc(OC(=O)c2ccc(F)cc2)c(CO)c1)c1ccc(F)cc1. The van der Waals surface area contributed by atoms with Gasteiger partial charge in [0, 0.05) is 5.56 Å². The van der Waals surface area contributed by atoms with Crippen LogP contribution < -0.4 is 9.47 Å². The Balaban J connectivity index is 1.74. The summed E-state index contributed by atoms with van der Waals surface area (Å²) in [5, 5.41) is 9.52. The Bertz CT molecular complexity index is 998. The van der Waals surface area contributed by atoms with Gasteiger partial charge in [-0.2, -0.15) is 0 Å². The maximum Gasteiger partial charge on any atom is 0.343 e. The van der Waals surface area contributed by atoms with Gasteiger partial charge in [-0.25, -0.2) is 18.4 Å². The lowest BCUT2D eigenvalue weighted by atomic mass is 10.2. The summed E-state index contributed by atoms with van der Waals surface area (Å²) >= 11 is 0. The Hall–Kier alpha value is -3.58. The minimum Gasteiger partial charge on any atom is -0.423 e. The van der Waals surface area contributed by atoms with Crippen molar-refractivity contribution >= 4 is 11.9 Å². The van der Waals surface area contributed by atoms with Crippen molar-refractivity contribution in [2.75, 3.05) is 0 Å². The molecular weight excluding hydrogens is 370 g/mol. The molecule has 0 aliphatic carbocycles. The Labute approximate surface area is 158 Å². The summed E-state index contributed by atoms with van der Waals surface area (Å²) in [5.41, 5.74) is 0.496. The molecule has 0 unspecified atom stereocenters. The summed E-state index contributed by atoms with van der Waals surface area (Å²) in [6.07, 6.45) is 0. The van der Waals surface area contributed by atoms with Gasteiger partial charge in [0.05, 0.1) is 17.7 Å². The van der Waals surface area contributed by atoms with Gasteiger partial charge in [-0.1, -0.05) is 0 Å². The van der Waals surface area contributed by atoms with Crippen molar-refractivity contribution in [3.8, 4) is 11.5 Å². The third-order valence-electron chi connectivity index (χ3n) is 3.78. The lowest BCUT2D eigenvalue weighted by Crippen LogP contribution is -2.11. The molecule has 0 bridgehead atoms. The molecule has 0 spiro atoms. The monoisotopic (exact) mass is 384 g/mol. The highest BCUT2D eigenvalue weighted by Gasteiger charge is 2.14. The van der Waals surface area contributed by atoms with Crippen LogP contribution in [0.25, 0.3) is 0 Å². The highest BCUT2D eigenvalue weighted by Crippen LogP contribution is 2.26. The standard InChI is InChI=1S/C21H14F2O5/c22-16-5-1-13(2-6-16)20(25)27-18-9-10-19(15(11-18)12-24)28-21(26)14-3-7-17(23)8-4-14/h1-11,24H,12H2. The van der Waals surface area contributed by atoms with E-state index in [0.717, 1.165) is 24.3 Å². The number of hydrogen-bond acceptors (Lipinski definition) is 5. The largest absolute Gasteiger partial charge is 0.423 e. The van der Waals surface area contributed by atoms with E-state index in [4.69, 9.17) is 9.47 Å². The molecule has 0 aliphatic heterocycles. The molecule has 0 saturated heterocycles. The number of rotatable bonds is 5. The summed E-state index contributed by atoms with van der Waals surface area (Å²) in [6, 6.07) is 13.7. The van der Waals surface area contributed by atoms with E-state index in [-0.39, 0.29) is 28.2 Å². The zero-order chi connectivity index (χ0) is 20.1. The van der Waals surface area contributed by atoms with Gasteiger partial charge in [0.25, 0.3) is 0 Å². The fourth-order valence-electron chi connectivity index (χ4n) is 2.34. The topological polar surface area (TPSA) is 72.8 Å². The van der Waals surface area contributed by atoms with Crippen LogP contribution in [0, 0.1) is 11.6 Å². The van der Waals surface area contributed by atoms with Gasteiger partial charge in [0.2, 0.25) is 0 Å². The van der Waals surface area contributed by atoms with Crippen LogP contribution in [0.1, 0.15) is 26.3 Å². The number of carbonyl (C=O) groups excluding carboxylic acids is 2. The highest BCUT2D eigenvalue weighted by atomic mass is 19.1. The number of ether oxygens (including phenoxy) is 2. The third kappa shape index (κ3) is 4.57. The van der Waals surface area contributed by atoms with Crippen molar-refractivity contribution in [1.29, 1.82) is 0 Å². The van der Waals surface area contributed by atoms with E-state index in [1.807, 2.05) is 0 Å². The zero-order valence-corrected chi connectivity index (χ0v) is 14.4. The quantitative estimate of drug-likeness (QED) is 0.534. The molecule has 7 heteroatoms. The molecule has 0 radical (unpaired) electrons. The Morgan fingerprint density at radius 2 is 1.25 bits per heavy atom. The first-order chi connectivity index (χ1) is 13.5. The second-order valence-electron chi connectivity index (χ2n) is 5.72. The van der Waals surface area contributed by atoms with Crippen molar-refractivity contribution in [3.63, 3.8) is 0 Å². The van der Waals surface area contributed by atoms with Crippen LogP contribution in [0.3, 0.4) is 0 Å². The van der Waals surface area contributed by atoms with Gasteiger partial charge < -0.3 is 14.6 Å².